The van der Waals surface area contributed by atoms with E-state index in [0.717, 1.165) is 25.1 Å². The fraction of sp³-hybridized carbons (Fsp3) is 0.400. The van der Waals surface area contributed by atoms with Gasteiger partial charge in [0.1, 0.15) is 5.69 Å². The lowest BCUT2D eigenvalue weighted by Gasteiger charge is -2.15. The molecule has 94 valence electrons. The van der Waals surface area contributed by atoms with Crippen molar-refractivity contribution in [2.24, 2.45) is 7.05 Å². The number of hydrogen-bond acceptors (Lipinski definition) is 1. The summed E-state index contributed by atoms with van der Waals surface area (Å²) in [7, 11) is 3.90. The van der Waals surface area contributed by atoms with E-state index in [1.165, 1.54) is 22.0 Å². The molecule has 1 aromatic carbocycles. The third-order valence-corrected chi connectivity index (χ3v) is 3.99. The molecule has 0 fully saturated rings. The van der Waals surface area contributed by atoms with Crippen molar-refractivity contribution in [1.82, 2.24) is 9.47 Å². The fourth-order valence-corrected chi connectivity index (χ4v) is 3.09. The summed E-state index contributed by atoms with van der Waals surface area (Å²) < 4.78 is 2.07. The first kappa shape index (κ1) is 11.3. The predicted molar refractivity (Wildman–Crippen MR) is 72.9 cm³/mol. The van der Waals surface area contributed by atoms with E-state index in [2.05, 4.69) is 29.7 Å². The smallest absolute Gasteiger partial charge is 0.270 e. The number of carbonyl (C=O) groups is 1. The van der Waals surface area contributed by atoms with E-state index in [0.29, 0.717) is 0 Å². The van der Waals surface area contributed by atoms with Crippen LogP contribution in [0.1, 0.15) is 28.0 Å². The van der Waals surface area contributed by atoms with Gasteiger partial charge in [0.2, 0.25) is 0 Å². The first-order chi connectivity index (χ1) is 8.61. The van der Waals surface area contributed by atoms with Crippen LogP contribution < -0.4 is 0 Å². The molecule has 3 rings (SSSR count). The van der Waals surface area contributed by atoms with Gasteiger partial charge in [0.25, 0.3) is 5.91 Å². The van der Waals surface area contributed by atoms with E-state index >= 15 is 0 Å². The number of aryl methyl sites for hydroxylation is 3. The van der Waals surface area contributed by atoms with Gasteiger partial charge < -0.3 is 9.47 Å². The minimum atomic E-state index is 0.153. The summed E-state index contributed by atoms with van der Waals surface area (Å²) in [6, 6.07) is 6.33. The molecule has 2 heterocycles. The molecule has 3 heteroatoms. The number of benzene rings is 1. The quantitative estimate of drug-likeness (QED) is 0.697. The van der Waals surface area contributed by atoms with Gasteiger partial charge in [-0.25, -0.2) is 0 Å². The molecule has 0 atom stereocenters. The molecular weight excluding hydrogens is 224 g/mol. The Morgan fingerprint density at radius 3 is 2.78 bits per heavy atom. The van der Waals surface area contributed by atoms with Crippen LogP contribution in [0.2, 0.25) is 0 Å². The molecule has 1 amide bonds. The van der Waals surface area contributed by atoms with Crippen molar-refractivity contribution >= 4 is 16.8 Å². The highest BCUT2D eigenvalue weighted by Gasteiger charge is 2.26. The van der Waals surface area contributed by atoms with Crippen molar-refractivity contribution in [3.8, 4) is 0 Å². The molecule has 3 nitrogen and oxygen atoms in total. The third kappa shape index (κ3) is 1.40. The third-order valence-electron chi connectivity index (χ3n) is 3.99. The predicted octanol–water partition coefficient (Wildman–Crippen LogP) is 2.50. The van der Waals surface area contributed by atoms with E-state index in [9.17, 15) is 4.79 Å². The number of nitrogens with zero attached hydrogens (tertiary/aromatic N) is 2. The largest absolute Gasteiger partial charge is 0.340 e. The molecule has 18 heavy (non-hydrogen) atoms. The number of amides is 1. The van der Waals surface area contributed by atoms with Crippen molar-refractivity contribution < 1.29 is 4.79 Å². The van der Waals surface area contributed by atoms with Crippen LogP contribution in [0.25, 0.3) is 10.9 Å². The maximum atomic E-state index is 12.4. The number of hydrogen-bond donors (Lipinski definition) is 0. The van der Waals surface area contributed by atoms with Crippen LogP contribution in [0, 0.1) is 6.92 Å². The van der Waals surface area contributed by atoms with Crippen molar-refractivity contribution in [3.05, 3.63) is 35.0 Å². The Hall–Kier alpha value is -1.77. The molecule has 1 aromatic heterocycles. The standard InChI is InChI=1S/C15H18N2O/c1-10-6-4-7-11-12-8-5-9-16(2)15(18)14(12)17(3)13(10)11/h4,6-7H,5,8-9H2,1-3H3. The van der Waals surface area contributed by atoms with E-state index < -0.39 is 0 Å². The number of aromatic nitrogens is 1. The molecule has 1 aliphatic heterocycles. The molecule has 2 aromatic rings. The summed E-state index contributed by atoms with van der Waals surface area (Å²) in [6.45, 7) is 2.96. The highest BCUT2D eigenvalue weighted by molar-refractivity contribution is 6.02. The molecule has 0 spiro atoms. The first-order valence-corrected chi connectivity index (χ1v) is 6.43. The summed E-state index contributed by atoms with van der Waals surface area (Å²) in [5, 5.41) is 1.25. The van der Waals surface area contributed by atoms with Gasteiger partial charge in [-0.1, -0.05) is 18.2 Å². The van der Waals surface area contributed by atoms with E-state index in [-0.39, 0.29) is 5.91 Å². The zero-order chi connectivity index (χ0) is 12.9. The molecule has 1 aliphatic rings. The summed E-state index contributed by atoms with van der Waals surface area (Å²) in [4.78, 5) is 14.3. The minimum Gasteiger partial charge on any atom is -0.340 e. The van der Waals surface area contributed by atoms with Crippen molar-refractivity contribution in [2.45, 2.75) is 19.8 Å². The van der Waals surface area contributed by atoms with Crippen LogP contribution in [-0.4, -0.2) is 29.0 Å². The van der Waals surface area contributed by atoms with E-state index in [1.54, 1.807) is 0 Å². The molecule has 0 N–H and O–H groups in total. The number of rotatable bonds is 0. The Morgan fingerprint density at radius 1 is 1.22 bits per heavy atom. The van der Waals surface area contributed by atoms with Gasteiger partial charge in [0, 0.05) is 26.0 Å². The van der Waals surface area contributed by atoms with Gasteiger partial charge in [-0.2, -0.15) is 0 Å². The molecule has 0 bridgehead atoms. The highest BCUT2D eigenvalue weighted by Crippen LogP contribution is 2.31. The van der Waals surface area contributed by atoms with Crippen LogP contribution in [0.15, 0.2) is 18.2 Å². The maximum absolute atomic E-state index is 12.4. The summed E-state index contributed by atoms with van der Waals surface area (Å²) in [5.74, 6) is 0.153. The maximum Gasteiger partial charge on any atom is 0.270 e. The summed E-state index contributed by atoms with van der Waals surface area (Å²) >= 11 is 0. The Kier molecular flexibility index (Phi) is 2.44. The van der Waals surface area contributed by atoms with Crippen LogP contribution in [0.3, 0.4) is 0 Å². The number of carbonyl (C=O) groups excluding carboxylic acids is 1. The Bertz CT molecular complexity index is 639. The van der Waals surface area contributed by atoms with Crippen molar-refractivity contribution in [1.29, 1.82) is 0 Å². The van der Waals surface area contributed by atoms with Crippen LogP contribution in [-0.2, 0) is 13.5 Å². The zero-order valence-corrected chi connectivity index (χ0v) is 11.2. The Morgan fingerprint density at radius 2 is 2.00 bits per heavy atom. The van der Waals surface area contributed by atoms with Crippen LogP contribution in [0.5, 0.6) is 0 Å². The lowest BCUT2D eigenvalue weighted by Crippen LogP contribution is -2.27. The average molecular weight is 242 g/mol. The minimum absolute atomic E-state index is 0.153. The van der Waals surface area contributed by atoms with Crippen molar-refractivity contribution in [3.63, 3.8) is 0 Å². The molecular formula is C15H18N2O. The lowest BCUT2D eigenvalue weighted by atomic mass is 10.0. The second kappa shape index (κ2) is 3.87. The fourth-order valence-electron chi connectivity index (χ4n) is 3.09. The first-order valence-electron chi connectivity index (χ1n) is 6.43. The second-order valence-corrected chi connectivity index (χ2v) is 5.19. The van der Waals surface area contributed by atoms with Gasteiger partial charge in [-0.15, -0.1) is 0 Å². The van der Waals surface area contributed by atoms with Crippen molar-refractivity contribution in [2.75, 3.05) is 13.6 Å². The molecule has 0 radical (unpaired) electrons. The van der Waals surface area contributed by atoms with E-state index in [1.807, 2.05) is 19.0 Å². The van der Waals surface area contributed by atoms with Crippen LogP contribution in [0.4, 0.5) is 0 Å². The SMILES string of the molecule is Cc1cccc2c3c(n(C)c12)C(=O)N(C)CCC3. The Labute approximate surface area is 107 Å². The van der Waals surface area contributed by atoms with Gasteiger partial charge in [-0.3, -0.25) is 4.79 Å². The molecule has 0 aliphatic carbocycles. The Balaban J connectivity index is 2.39. The van der Waals surface area contributed by atoms with Gasteiger partial charge in [0.15, 0.2) is 0 Å². The topological polar surface area (TPSA) is 25.2 Å². The summed E-state index contributed by atoms with van der Waals surface area (Å²) in [6.07, 6.45) is 2.04. The molecule has 0 unspecified atom stereocenters. The molecule has 0 saturated heterocycles. The van der Waals surface area contributed by atoms with Gasteiger partial charge in [-0.05, 0) is 30.9 Å². The van der Waals surface area contributed by atoms with Gasteiger partial charge >= 0.3 is 0 Å². The monoisotopic (exact) mass is 242 g/mol. The number of fused-ring (bicyclic) bond motifs is 3. The normalized spacial score (nSPS) is 15.9. The number of para-hydroxylation sites is 1. The second-order valence-electron chi connectivity index (χ2n) is 5.19. The lowest BCUT2D eigenvalue weighted by molar-refractivity contribution is 0.0791. The summed E-state index contributed by atoms with van der Waals surface area (Å²) in [5.41, 5.74) is 4.54. The van der Waals surface area contributed by atoms with Gasteiger partial charge in [0.05, 0.1) is 5.52 Å². The van der Waals surface area contributed by atoms with Crippen LogP contribution >= 0.6 is 0 Å². The average Bonchev–Trinajstić information content (AvgIpc) is 2.53. The van der Waals surface area contributed by atoms with E-state index in [4.69, 9.17) is 0 Å². The zero-order valence-electron chi connectivity index (χ0n) is 11.2. The molecule has 0 saturated carbocycles. The highest BCUT2D eigenvalue weighted by atomic mass is 16.2.